The van der Waals surface area contributed by atoms with E-state index >= 15 is 0 Å². The molecule has 10 heteroatoms. The number of aromatic nitrogens is 2. The molecule has 13 atom stereocenters. The predicted molar refractivity (Wildman–Crippen MR) is 292 cm³/mol. The zero-order valence-corrected chi connectivity index (χ0v) is 42.9. The molecule has 9 N–H and O–H groups in total. The molecule has 3 heterocycles. The Kier molecular flexibility index (Phi) is 11.2. The van der Waals surface area contributed by atoms with Crippen molar-refractivity contribution in [2.24, 2.45) is 45.8 Å². The Hall–Kier alpha value is -6.07. The van der Waals surface area contributed by atoms with Gasteiger partial charge >= 0.3 is 0 Å². The maximum absolute atomic E-state index is 13.1. The molecule has 75 heavy (non-hydrogen) atoms. The number of aromatic amines is 1. The molecule has 3 spiro atoms. The molecule has 8 aliphatic rings. The van der Waals surface area contributed by atoms with Gasteiger partial charge in [0.05, 0.1) is 23.5 Å². The van der Waals surface area contributed by atoms with Gasteiger partial charge in [0, 0.05) is 40.7 Å². The molecular weight excluding hydrogens is 933 g/mol. The first-order chi connectivity index (χ1) is 36.5. The minimum Gasteiger partial charge on any atom is -0.507 e. The standard InChI is InChI=1S/C65H72N4O6/c70-52-25-15-40(33-55(52)73)14-22-46-47-9-4-10-53(71)56(47)58(75)57(74)48(46)23-13-38-11-16-41(17-12-38)51-36-62(30-31-66-45(35-62)32-39-6-2-1-3-7-39)49-34-44-19-18-43-20-24-50-61(68-37-67-50)65(60(49)69-51)59-54(72)26-21-42-8-5-27-63(42,59)28-29-64(43,44)65/h1-4,6-7,9-12,14-17,21-22,25-26,33,37,42-45,49,51,54,59-60,66,69-75H,5,8,13,18-20,23-24,27-32,34-36H2,(H,67,68). The first-order valence-electron chi connectivity index (χ1n) is 28.4. The SMILES string of the molecule is Oc1ccc(C=Cc2c(CCc3ccc(C4CC5(CCNC(Cc6ccccc6)C5)C5CC6CCC7CCc8[nH]cnc8C8(C5N4)C4C(O)C=CC5CCCC54CCC768)cc3)c(O)c(O)c3c(O)cccc23)cc1O. The molecule has 14 rings (SSSR count). The Labute approximate surface area is 440 Å². The molecule has 1 aromatic heterocycles. The van der Waals surface area contributed by atoms with Gasteiger partial charge in [-0.1, -0.05) is 104 Å². The van der Waals surface area contributed by atoms with Crippen LogP contribution in [0.2, 0.25) is 0 Å². The number of aliphatic hydroxyl groups is 1. The molecule has 2 saturated heterocycles. The van der Waals surface area contributed by atoms with E-state index < -0.39 is 6.10 Å². The van der Waals surface area contributed by atoms with Crippen LogP contribution in [0.15, 0.2) is 109 Å². The van der Waals surface area contributed by atoms with Crippen molar-refractivity contribution in [1.29, 1.82) is 0 Å². The average molecular weight is 1010 g/mol. The van der Waals surface area contributed by atoms with E-state index in [0.29, 0.717) is 64.6 Å². The molecular formula is C65H72N4O6. The molecule has 0 amide bonds. The molecule has 10 nitrogen and oxygen atoms in total. The number of nitrogens with one attached hydrogen (secondary N) is 3. The van der Waals surface area contributed by atoms with Crippen molar-refractivity contribution >= 4 is 22.9 Å². The molecule has 388 valence electrons. The van der Waals surface area contributed by atoms with Crippen LogP contribution in [0.25, 0.3) is 22.9 Å². The van der Waals surface area contributed by atoms with Crippen molar-refractivity contribution in [2.75, 3.05) is 6.54 Å². The van der Waals surface area contributed by atoms with Crippen LogP contribution < -0.4 is 10.6 Å². The van der Waals surface area contributed by atoms with Crippen LogP contribution >= 0.6 is 0 Å². The zero-order valence-electron chi connectivity index (χ0n) is 42.9. The molecule has 6 aromatic rings. The number of fused-ring (bicyclic) bond motifs is 4. The molecule has 5 aromatic carbocycles. The van der Waals surface area contributed by atoms with Crippen LogP contribution in [0.1, 0.15) is 128 Å². The van der Waals surface area contributed by atoms with Gasteiger partial charge in [0.2, 0.25) is 0 Å². The molecule has 0 radical (unpaired) electrons. The van der Waals surface area contributed by atoms with Crippen LogP contribution in [0.3, 0.4) is 0 Å². The molecule has 0 bridgehead atoms. The maximum atomic E-state index is 13.1. The second-order valence-corrected chi connectivity index (χ2v) is 24.7. The quantitative estimate of drug-likeness (QED) is 0.0408. The fourth-order valence-electron chi connectivity index (χ4n) is 19.3. The van der Waals surface area contributed by atoms with Crippen molar-refractivity contribution < 1.29 is 30.6 Å². The van der Waals surface area contributed by atoms with E-state index in [1.54, 1.807) is 18.2 Å². The summed E-state index contributed by atoms with van der Waals surface area (Å²) in [6.07, 6.45) is 27.2. The van der Waals surface area contributed by atoms with E-state index in [1.807, 2.05) is 18.5 Å². The van der Waals surface area contributed by atoms with Crippen molar-refractivity contribution in [3.8, 4) is 28.7 Å². The van der Waals surface area contributed by atoms with E-state index in [2.05, 4.69) is 82.4 Å². The number of hydrogen-bond acceptors (Lipinski definition) is 9. The summed E-state index contributed by atoms with van der Waals surface area (Å²) < 4.78 is 0. The first kappa shape index (κ1) is 47.4. The number of aryl methyl sites for hydroxylation is 2. The summed E-state index contributed by atoms with van der Waals surface area (Å²) in [5, 5.41) is 76.8. The first-order valence-corrected chi connectivity index (χ1v) is 28.4. The summed E-state index contributed by atoms with van der Waals surface area (Å²) in [7, 11) is 0. The van der Waals surface area contributed by atoms with Gasteiger partial charge in [0.15, 0.2) is 23.0 Å². The highest BCUT2D eigenvalue weighted by Gasteiger charge is 2.80. The Bertz CT molecular complexity index is 3240. The normalized spacial score (nSPS) is 35.3. The number of allylic oxidation sites excluding steroid dienone is 1. The largest absolute Gasteiger partial charge is 0.507 e. The van der Waals surface area contributed by atoms with Crippen molar-refractivity contribution in [1.82, 2.24) is 20.6 Å². The number of nitrogens with zero attached hydrogens (tertiary/aromatic N) is 1. The van der Waals surface area contributed by atoms with E-state index in [-0.39, 0.29) is 73.8 Å². The van der Waals surface area contributed by atoms with Gasteiger partial charge < -0.3 is 46.3 Å². The van der Waals surface area contributed by atoms with Gasteiger partial charge in [-0.3, -0.25) is 0 Å². The number of imidazole rings is 1. The lowest BCUT2D eigenvalue weighted by Crippen LogP contribution is -2.79. The Morgan fingerprint density at radius 3 is 2.43 bits per heavy atom. The maximum Gasteiger partial charge on any atom is 0.169 e. The van der Waals surface area contributed by atoms with Gasteiger partial charge in [0.1, 0.15) is 5.75 Å². The third kappa shape index (κ3) is 6.96. The fourth-order valence-corrected chi connectivity index (χ4v) is 19.3. The third-order valence-corrected chi connectivity index (χ3v) is 22.0. The lowest BCUT2D eigenvalue weighted by molar-refractivity contribution is -0.228. The summed E-state index contributed by atoms with van der Waals surface area (Å²) in [6, 6.07) is 30.5. The van der Waals surface area contributed by atoms with Crippen molar-refractivity contribution in [3.05, 3.63) is 154 Å². The number of benzene rings is 5. The minimum absolute atomic E-state index is 0.0494. The van der Waals surface area contributed by atoms with Gasteiger partial charge in [-0.05, 0) is 194 Å². The third-order valence-electron chi connectivity index (χ3n) is 22.0. The monoisotopic (exact) mass is 1000 g/mol. The van der Waals surface area contributed by atoms with E-state index in [0.717, 1.165) is 44.2 Å². The number of phenols is 5. The minimum atomic E-state index is -0.525. The topological polar surface area (TPSA) is 174 Å². The summed E-state index contributed by atoms with van der Waals surface area (Å²) in [5.41, 5.74) is 8.08. The molecule has 6 aliphatic carbocycles. The highest BCUT2D eigenvalue weighted by atomic mass is 16.3. The second-order valence-electron chi connectivity index (χ2n) is 24.7. The predicted octanol–water partition coefficient (Wildman–Crippen LogP) is 11.5. The van der Waals surface area contributed by atoms with Gasteiger partial charge in [-0.25, -0.2) is 4.98 Å². The number of phenolic OH excluding ortho intramolecular Hbond substituents is 5. The number of rotatable bonds is 8. The van der Waals surface area contributed by atoms with Gasteiger partial charge in [-0.15, -0.1) is 0 Å². The van der Waals surface area contributed by atoms with Gasteiger partial charge in [0.25, 0.3) is 0 Å². The summed E-state index contributed by atoms with van der Waals surface area (Å²) in [6.45, 7) is 0.998. The smallest absolute Gasteiger partial charge is 0.169 e. The highest BCUT2D eigenvalue weighted by Crippen LogP contribution is 2.81. The number of hydrogen-bond donors (Lipinski definition) is 9. The fraction of sp³-hybridized carbons (Fsp3) is 0.462. The Morgan fingerprint density at radius 2 is 1.57 bits per heavy atom. The van der Waals surface area contributed by atoms with Crippen LogP contribution in [0.4, 0.5) is 0 Å². The van der Waals surface area contributed by atoms with Crippen LogP contribution in [-0.2, 0) is 31.1 Å². The van der Waals surface area contributed by atoms with Crippen molar-refractivity contribution in [3.63, 3.8) is 0 Å². The molecule has 2 aliphatic heterocycles. The summed E-state index contributed by atoms with van der Waals surface area (Å²) in [4.78, 5) is 9.40. The molecule has 6 fully saturated rings. The second kappa shape index (κ2) is 17.8. The van der Waals surface area contributed by atoms with E-state index in [9.17, 15) is 30.6 Å². The van der Waals surface area contributed by atoms with E-state index in [1.165, 1.54) is 98.5 Å². The summed E-state index contributed by atoms with van der Waals surface area (Å²) in [5.74, 6) is 1.00. The highest BCUT2D eigenvalue weighted by molar-refractivity contribution is 6.03. The zero-order chi connectivity index (χ0) is 50.8. The van der Waals surface area contributed by atoms with Crippen molar-refractivity contribution in [2.45, 2.75) is 132 Å². The van der Waals surface area contributed by atoms with Gasteiger partial charge in [-0.2, -0.15) is 0 Å². The molecule has 13 unspecified atom stereocenters. The number of aliphatic hydroxyl groups excluding tert-OH is 1. The Balaban J connectivity index is 0.863. The number of H-pyrrole nitrogens is 1. The molecule has 4 saturated carbocycles. The lowest BCUT2D eigenvalue weighted by atomic mass is 9.30. The number of piperidine rings is 2. The van der Waals surface area contributed by atoms with E-state index in [4.69, 9.17) is 4.98 Å². The summed E-state index contributed by atoms with van der Waals surface area (Å²) >= 11 is 0. The van der Waals surface area contributed by atoms with Crippen LogP contribution in [0.5, 0.6) is 28.7 Å². The van der Waals surface area contributed by atoms with Crippen LogP contribution in [-0.4, -0.2) is 65.3 Å². The lowest BCUT2D eigenvalue weighted by Gasteiger charge is -2.75. The Morgan fingerprint density at radius 1 is 0.720 bits per heavy atom. The average Bonchev–Trinajstić information content (AvgIpc) is 4.26. The van der Waals surface area contributed by atoms with Crippen LogP contribution in [0, 0.1) is 45.8 Å². The number of aromatic hydroxyl groups is 5.